The van der Waals surface area contributed by atoms with Crippen molar-refractivity contribution in [1.82, 2.24) is 0 Å². The molecule has 0 amide bonds. The minimum absolute atomic E-state index is 0.00465. The van der Waals surface area contributed by atoms with Gasteiger partial charge in [-0.05, 0) is 106 Å². The smallest absolute Gasteiger partial charge is 0.187 e. The minimum atomic E-state index is -1.74. The van der Waals surface area contributed by atoms with Crippen LogP contribution in [0.25, 0.3) is 0 Å². The Bertz CT molecular complexity index is 1920. The first-order valence-corrected chi connectivity index (χ1v) is 27.2. The molecule has 426 valence electrons. The third kappa shape index (κ3) is 10.1. The van der Waals surface area contributed by atoms with E-state index in [0.29, 0.717) is 43.4 Å². The van der Waals surface area contributed by atoms with Gasteiger partial charge < -0.3 is 109 Å². The van der Waals surface area contributed by atoms with Crippen molar-refractivity contribution in [3.05, 3.63) is 11.6 Å². The molecule has 0 aromatic carbocycles. The van der Waals surface area contributed by atoms with Crippen LogP contribution in [0, 0.1) is 46.3 Å². The fourth-order valence-corrected chi connectivity index (χ4v) is 15.3. The summed E-state index contributed by atoms with van der Waals surface area (Å²) in [4.78, 5) is 0. The molecule has 9 rings (SSSR count). The average molecular weight is 1060 g/mol. The highest BCUT2D eigenvalue weighted by Crippen LogP contribution is 2.70. The van der Waals surface area contributed by atoms with E-state index in [2.05, 4.69) is 26.8 Å². The Morgan fingerprint density at radius 3 is 1.86 bits per heavy atom. The molecule has 5 saturated heterocycles. The number of rotatable bonds is 15. The second-order valence-electron chi connectivity index (χ2n) is 24.0. The van der Waals surface area contributed by atoms with Crippen molar-refractivity contribution in [1.29, 1.82) is 0 Å². The second kappa shape index (κ2) is 22.4. The van der Waals surface area contributed by atoms with Crippen LogP contribution in [0.4, 0.5) is 0 Å². The summed E-state index contributed by atoms with van der Waals surface area (Å²) in [5, 5.41) is 127. The number of hydrogen-bond donors (Lipinski definition) is 12. The molecule has 12 N–H and O–H groups in total. The van der Waals surface area contributed by atoms with Gasteiger partial charge in [0.05, 0.1) is 44.2 Å². The fourth-order valence-electron chi connectivity index (χ4n) is 15.3. The molecule has 74 heavy (non-hydrogen) atoms. The van der Waals surface area contributed by atoms with Crippen molar-refractivity contribution in [2.75, 3.05) is 26.9 Å². The van der Waals surface area contributed by atoms with Crippen LogP contribution in [0.3, 0.4) is 0 Å². The average Bonchev–Trinajstić information content (AvgIpc) is 3.84. The van der Waals surface area contributed by atoms with Crippen LogP contribution in [-0.4, -0.2) is 229 Å². The normalized spacial score (nSPS) is 54.9. The van der Waals surface area contributed by atoms with Gasteiger partial charge in [0.2, 0.25) is 0 Å². The highest BCUT2D eigenvalue weighted by Gasteiger charge is 2.68. The number of aliphatic hydroxyl groups excluding tert-OH is 12. The fraction of sp³-hybridized carbons (Fsp3) is 0.962. The summed E-state index contributed by atoms with van der Waals surface area (Å²) in [5.74, 6) is 0.884. The van der Waals surface area contributed by atoms with Crippen molar-refractivity contribution in [3.63, 3.8) is 0 Å². The molecule has 0 aromatic heterocycles. The van der Waals surface area contributed by atoms with Crippen molar-refractivity contribution in [3.8, 4) is 0 Å². The predicted octanol–water partition coefficient (Wildman–Crippen LogP) is -1.33. The number of allylic oxidation sites excluding steroid dienone is 1. The lowest BCUT2D eigenvalue weighted by Crippen LogP contribution is -2.66. The number of ether oxygens (including phenoxy) is 10. The molecule has 5 heterocycles. The molecule has 0 radical (unpaired) electrons. The third-order valence-electron chi connectivity index (χ3n) is 19.8. The van der Waals surface area contributed by atoms with E-state index in [1.165, 1.54) is 19.4 Å². The molecule has 9 aliphatic rings. The first kappa shape index (κ1) is 57.5. The Balaban J connectivity index is 0.854. The SMILES string of the molecule is COC1(CC[C@@H](C)CO[C@@H]2O[C@H](CO)[C@@H](O)[C@H](O)[C@H]2O)OC2CC3C4CC=C5C[C@@H](O[C@@H]6O[C@H](CO)[C@@H](O[C@@H]7O[C@@H](C)[C@H](O)[C@@H](O)[C@H]7O)[C@H](O)[C@H]6O[C@@H]6O[C@@H](C)[C@H](O)[C@@H](O)[C@H]6O)CC[C@]5(C)C4CC[C@]3(C)C2C1C. The molecule has 3 saturated carbocycles. The molecule has 31 atom stereocenters. The number of methoxy groups -OCH3 is 1. The van der Waals surface area contributed by atoms with Crippen LogP contribution in [0.5, 0.6) is 0 Å². The lowest BCUT2D eigenvalue weighted by Gasteiger charge is -2.58. The van der Waals surface area contributed by atoms with Crippen LogP contribution in [0.2, 0.25) is 0 Å². The molecule has 22 nitrogen and oxygen atoms in total. The van der Waals surface area contributed by atoms with Gasteiger partial charge in [-0.2, -0.15) is 0 Å². The summed E-state index contributed by atoms with van der Waals surface area (Å²) in [6.45, 7) is 11.1. The number of hydrogen-bond acceptors (Lipinski definition) is 22. The van der Waals surface area contributed by atoms with Crippen molar-refractivity contribution >= 4 is 0 Å². The van der Waals surface area contributed by atoms with Crippen molar-refractivity contribution in [2.24, 2.45) is 46.3 Å². The molecular weight excluding hydrogens is 977 g/mol. The van der Waals surface area contributed by atoms with Gasteiger partial charge in [-0.25, -0.2) is 0 Å². The first-order chi connectivity index (χ1) is 35.0. The molecule has 0 spiro atoms. The molecular formula is C52H86O22. The Labute approximate surface area is 432 Å². The van der Waals surface area contributed by atoms with E-state index in [1.54, 1.807) is 7.11 Å². The molecule has 0 bridgehead atoms. The molecule has 7 unspecified atom stereocenters. The van der Waals surface area contributed by atoms with Crippen LogP contribution in [-0.2, 0) is 47.4 Å². The summed E-state index contributed by atoms with van der Waals surface area (Å²) in [6, 6.07) is 0. The number of fused-ring (bicyclic) bond motifs is 7. The highest BCUT2D eigenvalue weighted by atomic mass is 16.8. The van der Waals surface area contributed by atoms with Crippen LogP contribution in [0.1, 0.15) is 99.3 Å². The zero-order chi connectivity index (χ0) is 53.5. The van der Waals surface area contributed by atoms with Crippen LogP contribution >= 0.6 is 0 Å². The largest absolute Gasteiger partial charge is 0.394 e. The van der Waals surface area contributed by atoms with Gasteiger partial charge in [-0.15, -0.1) is 0 Å². The van der Waals surface area contributed by atoms with Gasteiger partial charge in [-0.3, -0.25) is 0 Å². The Morgan fingerprint density at radius 1 is 0.649 bits per heavy atom. The van der Waals surface area contributed by atoms with E-state index in [1.807, 2.05) is 6.92 Å². The quantitative estimate of drug-likeness (QED) is 0.0846. The van der Waals surface area contributed by atoms with E-state index < -0.39 is 148 Å². The number of aliphatic hydroxyl groups is 12. The van der Waals surface area contributed by atoms with Gasteiger partial charge in [0.1, 0.15) is 85.5 Å². The van der Waals surface area contributed by atoms with Gasteiger partial charge in [0.15, 0.2) is 30.9 Å². The topological polar surface area (TPSA) is 335 Å². The summed E-state index contributed by atoms with van der Waals surface area (Å²) in [6.07, 6.45) is -19.4. The van der Waals surface area contributed by atoms with Gasteiger partial charge in [-0.1, -0.05) is 39.3 Å². The monoisotopic (exact) mass is 1060 g/mol. The Hall–Kier alpha value is -1.14. The molecule has 22 heteroatoms. The summed E-state index contributed by atoms with van der Waals surface area (Å²) >= 11 is 0. The zero-order valence-corrected chi connectivity index (χ0v) is 43.7. The summed E-state index contributed by atoms with van der Waals surface area (Å²) in [5.41, 5.74) is 1.19. The molecule has 4 aliphatic carbocycles. The van der Waals surface area contributed by atoms with E-state index in [9.17, 15) is 61.3 Å². The van der Waals surface area contributed by atoms with Crippen LogP contribution < -0.4 is 0 Å². The van der Waals surface area contributed by atoms with E-state index in [4.69, 9.17) is 47.4 Å². The van der Waals surface area contributed by atoms with E-state index in [-0.39, 0.29) is 41.3 Å². The Kier molecular flexibility index (Phi) is 17.4. The highest BCUT2D eigenvalue weighted by molar-refractivity contribution is 5.26. The standard InChI is InChI=1S/C52H86O22/c1-21(20-66-46-40(61)39(60)36(57)31(18-53)70-46)10-15-52(65-7)22(2)33-30(74-52)17-29-27-9-8-25-16-26(11-13-50(25,5)28(27)12-14-51(29,33)6)69-49-45(73-48-42(63)38(59)35(56)24(4)68-48)43(64)44(32(19-54)71-49)72-47-41(62)37(58)34(55)23(3)67-47/h8,21-24,26-49,53-64H,9-20H2,1-7H3/t21-,22?,23+,24+,26+,27?,28?,29?,30?,31-,32-,33?,34+,35+,36-,37-,38-,39+,40-,41-,42-,43+,44-,45-,46-,47+,48+,49-,50+,51+,52?/m1/s1. The lowest BCUT2D eigenvalue weighted by molar-refractivity contribution is -0.388. The summed E-state index contributed by atoms with van der Waals surface area (Å²) < 4.78 is 61.5. The van der Waals surface area contributed by atoms with Crippen molar-refractivity contribution in [2.45, 2.75) is 240 Å². The van der Waals surface area contributed by atoms with Gasteiger partial charge in [0, 0.05) is 19.4 Å². The maximum Gasteiger partial charge on any atom is 0.187 e. The maximum atomic E-state index is 12.1. The molecule has 5 aliphatic heterocycles. The second-order valence-corrected chi connectivity index (χ2v) is 24.0. The maximum absolute atomic E-state index is 12.1. The third-order valence-corrected chi connectivity index (χ3v) is 19.8. The predicted molar refractivity (Wildman–Crippen MR) is 254 cm³/mol. The lowest BCUT2D eigenvalue weighted by atomic mass is 9.47. The summed E-state index contributed by atoms with van der Waals surface area (Å²) in [7, 11) is 1.72. The zero-order valence-electron chi connectivity index (χ0n) is 43.7. The van der Waals surface area contributed by atoms with E-state index in [0.717, 1.165) is 32.1 Å². The minimum Gasteiger partial charge on any atom is -0.394 e. The van der Waals surface area contributed by atoms with Crippen molar-refractivity contribution < 1.29 is 109 Å². The first-order valence-electron chi connectivity index (χ1n) is 27.2. The Morgan fingerprint density at radius 2 is 1.24 bits per heavy atom. The molecule has 0 aromatic rings. The van der Waals surface area contributed by atoms with E-state index >= 15 is 0 Å². The van der Waals surface area contributed by atoms with Gasteiger partial charge in [0.25, 0.3) is 0 Å². The van der Waals surface area contributed by atoms with Crippen LogP contribution in [0.15, 0.2) is 11.6 Å². The van der Waals surface area contributed by atoms with Gasteiger partial charge >= 0.3 is 0 Å². The molecule has 8 fully saturated rings.